The first-order valence-electron chi connectivity index (χ1n) is 7.93. The van der Waals surface area contributed by atoms with E-state index in [-0.39, 0.29) is 0 Å². The SMILES string of the molecule is CCCNc1cnc(CN(CCN(C)C)CC(C)C)cn1. The highest BCUT2D eigenvalue weighted by molar-refractivity contribution is 5.30. The number of hydrogen-bond donors (Lipinski definition) is 1. The van der Waals surface area contributed by atoms with E-state index >= 15 is 0 Å². The Morgan fingerprint density at radius 3 is 2.43 bits per heavy atom. The van der Waals surface area contributed by atoms with Crippen LogP contribution in [0.15, 0.2) is 12.4 Å². The summed E-state index contributed by atoms with van der Waals surface area (Å²) in [6.45, 7) is 11.7. The van der Waals surface area contributed by atoms with Gasteiger partial charge in [0.1, 0.15) is 5.82 Å². The van der Waals surface area contributed by atoms with Crippen LogP contribution in [0.5, 0.6) is 0 Å². The van der Waals surface area contributed by atoms with Gasteiger partial charge in [-0.15, -0.1) is 0 Å². The standard InChI is InChI=1S/C16H31N5/c1-6-7-17-16-11-18-15(10-19-16)13-21(12-14(2)3)9-8-20(4)5/h10-11,14H,6-9,12-13H2,1-5H3,(H,17,19). The lowest BCUT2D eigenvalue weighted by Gasteiger charge is -2.25. The maximum atomic E-state index is 4.53. The fraction of sp³-hybridized carbons (Fsp3) is 0.750. The van der Waals surface area contributed by atoms with Crippen LogP contribution in [0.25, 0.3) is 0 Å². The first kappa shape index (κ1) is 17.9. The topological polar surface area (TPSA) is 44.3 Å². The van der Waals surface area contributed by atoms with Gasteiger partial charge in [0.2, 0.25) is 0 Å². The van der Waals surface area contributed by atoms with Crippen molar-refractivity contribution >= 4 is 5.82 Å². The molecular formula is C16H31N5. The van der Waals surface area contributed by atoms with Gasteiger partial charge < -0.3 is 10.2 Å². The van der Waals surface area contributed by atoms with E-state index in [0.717, 1.165) is 50.7 Å². The number of hydrogen-bond acceptors (Lipinski definition) is 5. The van der Waals surface area contributed by atoms with Crippen LogP contribution in [-0.4, -0.2) is 60.0 Å². The first-order chi connectivity index (χ1) is 10.0. The lowest BCUT2D eigenvalue weighted by molar-refractivity contribution is 0.209. The summed E-state index contributed by atoms with van der Waals surface area (Å²) in [6, 6.07) is 0. The molecule has 0 aromatic carbocycles. The smallest absolute Gasteiger partial charge is 0.144 e. The summed E-state index contributed by atoms with van der Waals surface area (Å²) < 4.78 is 0. The molecule has 1 aromatic heterocycles. The highest BCUT2D eigenvalue weighted by Crippen LogP contribution is 2.07. The largest absolute Gasteiger partial charge is 0.369 e. The van der Waals surface area contributed by atoms with Gasteiger partial charge in [0.25, 0.3) is 0 Å². The maximum absolute atomic E-state index is 4.53. The fourth-order valence-electron chi connectivity index (χ4n) is 2.10. The number of nitrogens with one attached hydrogen (secondary N) is 1. The third-order valence-corrected chi connectivity index (χ3v) is 3.13. The molecule has 0 bridgehead atoms. The molecule has 0 spiro atoms. The molecule has 1 rings (SSSR count). The summed E-state index contributed by atoms with van der Waals surface area (Å²) in [6.07, 6.45) is 4.82. The summed E-state index contributed by atoms with van der Waals surface area (Å²) in [5, 5.41) is 3.25. The molecule has 0 radical (unpaired) electrons. The quantitative estimate of drug-likeness (QED) is 0.717. The summed E-state index contributed by atoms with van der Waals surface area (Å²) in [7, 11) is 4.23. The number of anilines is 1. The lowest BCUT2D eigenvalue weighted by Crippen LogP contribution is -2.34. The van der Waals surface area contributed by atoms with Crippen LogP contribution in [0, 0.1) is 5.92 Å². The van der Waals surface area contributed by atoms with E-state index in [0.29, 0.717) is 5.92 Å². The van der Waals surface area contributed by atoms with Gasteiger partial charge in [-0.05, 0) is 26.4 Å². The van der Waals surface area contributed by atoms with E-state index in [4.69, 9.17) is 0 Å². The van der Waals surface area contributed by atoms with Crippen LogP contribution in [0.2, 0.25) is 0 Å². The van der Waals surface area contributed by atoms with Crippen molar-refractivity contribution in [2.45, 2.75) is 33.7 Å². The van der Waals surface area contributed by atoms with Crippen molar-refractivity contribution in [3.8, 4) is 0 Å². The molecule has 1 N–H and O–H groups in total. The Kier molecular flexibility index (Phi) is 8.23. The Morgan fingerprint density at radius 2 is 1.90 bits per heavy atom. The molecule has 0 saturated carbocycles. The normalized spacial score (nSPS) is 11.6. The number of rotatable bonds is 10. The third-order valence-electron chi connectivity index (χ3n) is 3.13. The van der Waals surface area contributed by atoms with E-state index in [1.54, 1.807) is 0 Å². The maximum Gasteiger partial charge on any atom is 0.144 e. The zero-order valence-electron chi connectivity index (χ0n) is 14.3. The zero-order chi connectivity index (χ0) is 15.7. The Bertz CT molecular complexity index is 375. The minimum absolute atomic E-state index is 0.658. The van der Waals surface area contributed by atoms with Crippen LogP contribution in [0.4, 0.5) is 5.82 Å². The van der Waals surface area contributed by atoms with Crippen LogP contribution >= 0.6 is 0 Å². The van der Waals surface area contributed by atoms with Gasteiger partial charge in [0.15, 0.2) is 0 Å². The summed E-state index contributed by atoms with van der Waals surface area (Å²) in [5.74, 6) is 1.52. The first-order valence-corrected chi connectivity index (χ1v) is 7.93. The van der Waals surface area contributed by atoms with Gasteiger partial charge in [0.05, 0.1) is 18.1 Å². The van der Waals surface area contributed by atoms with Crippen LogP contribution < -0.4 is 5.32 Å². The average Bonchev–Trinajstić information content (AvgIpc) is 2.43. The molecular weight excluding hydrogens is 262 g/mol. The summed E-state index contributed by atoms with van der Waals surface area (Å²) in [4.78, 5) is 13.6. The van der Waals surface area contributed by atoms with Gasteiger partial charge in [0, 0.05) is 32.7 Å². The Hall–Kier alpha value is -1.20. The molecule has 1 aromatic rings. The predicted molar refractivity (Wildman–Crippen MR) is 89.5 cm³/mol. The monoisotopic (exact) mass is 293 g/mol. The van der Waals surface area contributed by atoms with E-state index < -0.39 is 0 Å². The minimum Gasteiger partial charge on any atom is -0.369 e. The second-order valence-corrected chi connectivity index (χ2v) is 6.25. The second-order valence-electron chi connectivity index (χ2n) is 6.25. The number of aromatic nitrogens is 2. The lowest BCUT2D eigenvalue weighted by atomic mass is 10.2. The van der Waals surface area contributed by atoms with Gasteiger partial charge in [-0.1, -0.05) is 20.8 Å². The van der Waals surface area contributed by atoms with Crippen molar-refractivity contribution in [3.05, 3.63) is 18.1 Å². The molecule has 1 heterocycles. The van der Waals surface area contributed by atoms with Gasteiger partial charge in [-0.2, -0.15) is 0 Å². The highest BCUT2D eigenvalue weighted by atomic mass is 15.2. The molecule has 0 saturated heterocycles. The second kappa shape index (κ2) is 9.68. The summed E-state index contributed by atoms with van der Waals surface area (Å²) >= 11 is 0. The molecule has 5 nitrogen and oxygen atoms in total. The molecule has 0 atom stereocenters. The fourth-order valence-corrected chi connectivity index (χ4v) is 2.10. The van der Waals surface area contributed by atoms with Crippen LogP contribution in [0.1, 0.15) is 32.9 Å². The van der Waals surface area contributed by atoms with Gasteiger partial charge >= 0.3 is 0 Å². The van der Waals surface area contributed by atoms with Crippen molar-refractivity contribution in [1.82, 2.24) is 19.8 Å². The van der Waals surface area contributed by atoms with E-state index in [1.807, 2.05) is 12.4 Å². The Labute approximate surface area is 129 Å². The molecule has 0 amide bonds. The molecule has 0 fully saturated rings. The molecule has 0 aliphatic heterocycles. The predicted octanol–water partition coefficient (Wildman–Crippen LogP) is 2.32. The Balaban J connectivity index is 2.55. The van der Waals surface area contributed by atoms with E-state index in [2.05, 4.69) is 60.0 Å². The number of nitrogens with zero attached hydrogens (tertiary/aromatic N) is 4. The molecule has 21 heavy (non-hydrogen) atoms. The van der Waals surface area contributed by atoms with Crippen molar-refractivity contribution in [1.29, 1.82) is 0 Å². The Morgan fingerprint density at radius 1 is 1.14 bits per heavy atom. The van der Waals surface area contributed by atoms with Crippen LogP contribution in [0.3, 0.4) is 0 Å². The molecule has 5 heteroatoms. The van der Waals surface area contributed by atoms with Crippen molar-refractivity contribution in [2.75, 3.05) is 45.6 Å². The molecule has 120 valence electrons. The molecule has 0 unspecified atom stereocenters. The average molecular weight is 293 g/mol. The van der Waals surface area contributed by atoms with E-state index in [9.17, 15) is 0 Å². The van der Waals surface area contributed by atoms with Gasteiger partial charge in [-0.3, -0.25) is 9.88 Å². The molecule has 0 aliphatic rings. The summed E-state index contributed by atoms with van der Waals surface area (Å²) in [5.41, 5.74) is 1.04. The van der Waals surface area contributed by atoms with Gasteiger partial charge in [-0.25, -0.2) is 4.98 Å². The van der Waals surface area contributed by atoms with E-state index in [1.165, 1.54) is 0 Å². The number of likely N-dealkylation sites (N-methyl/N-ethyl adjacent to an activating group) is 1. The zero-order valence-corrected chi connectivity index (χ0v) is 14.3. The third kappa shape index (κ3) is 7.97. The van der Waals surface area contributed by atoms with Crippen molar-refractivity contribution in [3.63, 3.8) is 0 Å². The highest BCUT2D eigenvalue weighted by Gasteiger charge is 2.10. The van der Waals surface area contributed by atoms with Crippen molar-refractivity contribution in [2.24, 2.45) is 5.92 Å². The minimum atomic E-state index is 0.658. The van der Waals surface area contributed by atoms with Crippen LogP contribution in [-0.2, 0) is 6.54 Å². The molecule has 0 aliphatic carbocycles. The van der Waals surface area contributed by atoms with Crippen molar-refractivity contribution < 1.29 is 0 Å².